The number of carbonyl (C=O) groups excluding carboxylic acids is 1. The van der Waals surface area contributed by atoms with Crippen LogP contribution >= 0.6 is 0 Å². The Kier molecular flexibility index (Phi) is 4.55. The van der Waals surface area contributed by atoms with Gasteiger partial charge in [0.1, 0.15) is 5.75 Å². The molecule has 2 aromatic rings. The van der Waals surface area contributed by atoms with E-state index in [2.05, 4.69) is 4.89 Å². The minimum atomic E-state index is -0.612. The van der Waals surface area contributed by atoms with Crippen molar-refractivity contribution in [2.45, 2.75) is 13.3 Å². The molecule has 0 atom stereocenters. The summed E-state index contributed by atoms with van der Waals surface area (Å²) in [4.78, 5) is 20.4. The van der Waals surface area contributed by atoms with Crippen LogP contribution in [-0.4, -0.2) is 5.97 Å². The third kappa shape index (κ3) is 3.47. The van der Waals surface area contributed by atoms with Crippen molar-refractivity contribution in [2.75, 3.05) is 0 Å². The highest BCUT2D eigenvalue weighted by atomic mass is 19.1. The van der Waals surface area contributed by atoms with Gasteiger partial charge in [-0.25, -0.2) is 9.18 Å². The summed E-state index contributed by atoms with van der Waals surface area (Å²) in [6, 6.07) is 12.8. The fourth-order valence-electron chi connectivity index (χ4n) is 1.41. The van der Waals surface area contributed by atoms with Crippen molar-refractivity contribution in [3.63, 3.8) is 0 Å². The van der Waals surface area contributed by atoms with E-state index in [9.17, 15) is 9.18 Å². The summed E-state index contributed by atoms with van der Waals surface area (Å²) >= 11 is 0. The molecule has 0 radical (unpaired) electrons. The van der Waals surface area contributed by atoms with E-state index in [1.54, 1.807) is 31.2 Å². The van der Waals surface area contributed by atoms with Crippen molar-refractivity contribution in [3.8, 4) is 17.2 Å². The Bertz CT molecular complexity index is 584. The Morgan fingerprint density at radius 3 is 2.55 bits per heavy atom. The molecule has 20 heavy (non-hydrogen) atoms. The van der Waals surface area contributed by atoms with Crippen LogP contribution < -0.4 is 9.62 Å². The Morgan fingerprint density at radius 1 is 1.10 bits per heavy atom. The number of hydrogen-bond acceptors (Lipinski definition) is 4. The van der Waals surface area contributed by atoms with Gasteiger partial charge in [0.2, 0.25) is 11.5 Å². The van der Waals surface area contributed by atoms with Gasteiger partial charge in [0.25, 0.3) is 0 Å². The van der Waals surface area contributed by atoms with Crippen LogP contribution in [0.15, 0.2) is 48.5 Å². The van der Waals surface area contributed by atoms with Crippen molar-refractivity contribution in [1.82, 2.24) is 0 Å². The number of rotatable bonds is 5. The van der Waals surface area contributed by atoms with E-state index in [0.29, 0.717) is 5.75 Å². The first-order valence-electron chi connectivity index (χ1n) is 6.09. The Labute approximate surface area is 115 Å². The molecule has 0 aliphatic rings. The second-order valence-corrected chi connectivity index (χ2v) is 3.87. The fourth-order valence-corrected chi connectivity index (χ4v) is 1.41. The summed E-state index contributed by atoms with van der Waals surface area (Å²) in [7, 11) is 0. The molecule has 0 aliphatic carbocycles. The van der Waals surface area contributed by atoms with Crippen molar-refractivity contribution in [1.29, 1.82) is 0 Å². The van der Waals surface area contributed by atoms with Crippen LogP contribution in [0, 0.1) is 5.82 Å². The maximum atomic E-state index is 13.8. The molecule has 0 unspecified atom stereocenters. The third-order valence-corrected chi connectivity index (χ3v) is 2.41. The minimum Gasteiger partial charge on any atom is -0.450 e. The zero-order valence-corrected chi connectivity index (χ0v) is 10.8. The molecule has 4 nitrogen and oxygen atoms in total. The van der Waals surface area contributed by atoms with Gasteiger partial charge < -0.3 is 4.74 Å². The number of hydrogen-bond donors (Lipinski definition) is 0. The molecule has 104 valence electrons. The highest BCUT2D eigenvalue weighted by molar-refractivity contribution is 5.68. The topological polar surface area (TPSA) is 44.8 Å². The van der Waals surface area contributed by atoms with Crippen molar-refractivity contribution < 1.29 is 23.7 Å². The summed E-state index contributed by atoms with van der Waals surface area (Å²) in [5.41, 5.74) is 0. The highest BCUT2D eigenvalue weighted by Crippen LogP contribution is 2.34. The molecule has 0 saturated carbocycles. The van der Waals surface area contributed by atoms with Gasteiger partial charge in [-0.3, -0.25) is 9.78 Å². The first kappa shape index (κ1) is 13.9. The Hall–Kier alpha value is -2.56. The molecule has 0 aliphatic heterocycles. The largest absolute Gasteiger partial charge is 0.450 e. The molecule has 0 N–H and O–H groups in total. The number of para-hydroxylation sites is 2. The van der Waals surface area contributed by atoms with Crippen LogP contribution in [0.3, 0.4) is 0 Å². The molecule has 0 heterocycles. The molecular formula is C15H13FO4. The Morgan fingerprint density at radius 2 is 1.85 bits per heavy atom. The zero-order chi connectivity index (χ0) is 14.4. The lowest BCUT2D eigenvalue weighted by Crippen LogP contribution is -2.07. The van der Waals surface area contributed by atoms with Gasteiger partial charge in [0.05, 0.1) is 0 Å². The van der Waals surface area contributed by atoms with Gasteiger partial charge in [-0.1, -0.05) is 31.2 Å². The van der Waals surface area contributed by atoms with Crippen molar-refractivity contribution in [2.24, 2.45) is 0 Å². The van der Waals surface area contributed by atoms with Crippen LogP contribution in [0.1, 0.15) is 13.3 Å². The molecule has 0 amide bonds. The van der Waals surface area contributed by atoms with E-state index in [-0.39, 0.29) is 17.9 Å². The molecule has 0 bridgehead atoms. The first-order chi connectivity index (χ1) is 9.70. The quantitative estimate of drug-likeness (QED) is 0.614. The van der Waals surface area contributed by atoms with E-state index < -0.39 is 11.8 Å². The lowest BCUT2D eigenvalue weighted by Gasteiger charge is -2.11. The maximum absolute atomic E-state index is 13.8. The number of benzene rings is 2. The predicted molar refractivity (Wildman–Crippen MR) is 69.9 cm³/mol. The van der Waals surface area contributed by atoms with Gasteiger partial charge in [-0.05, 0) is 24.3 Å². The standard InChI is InChI=1S/C15H13FO4/c1-2-14(17)20-19-13-10-6-9-12(16)15(13)18-11-7-4-3-5-8-11/h3-10H,2H2,1H3. The normalized spacial score (nSPS) is 9.90. The van der Waals surface area contributed by atoms with Gasteiger partial charge in [-0.2, -0.15) is 0 Å². The van der Waals surface area contributed by atoms with Crippen molar-refractivity contribution >= 4 is 5.97 Å². The summed E-state index contributed by atoms with van der Waals surface area (Å²) in [6.45, 7) is 1.62. The minimum absolute atomic E-state index is 0.00402. The fraction of sp³-hybridized carbons (Fsp3) is 0.133. The predicted octanol–water partition coefficient (Wildman–Crippen LogP) is 3.87. The van der Waals surface area contributed by atoms with Crippen LogP contribution in [0.5, 0.6) is 17.2 Å². The van der Waals surface area contributed by atoms with Crippen molar-refractivity contribution in [3.05, 3.63) is 54.3 Å². The molecule has 0 aromatic heterocycles. The molecular weight excluding hydrogens is 263 g/mol. The van der Waals surface area contributed by atoms with Crippen LogP contribution in [0.4, 0.5) is 4.39 Å². The second kappa shape index (κ2) is 6.56. The van der Waals surface area contributed by atoms with E-state index in [0.717, 1.165) is 0 Å². The number of ether oxygens (including phenoxy) is 1. The molecule has 0 spiro atoms. The molecule has 0 fully saturated rings. The summed E-state index contributed by atoms with van der Waals surface area (Å²) < 4.78 is 19.2. The summed E-state index contributed by atoms with van der Waals surface area (Å²) in [5, 5.41) is 0. The molecule has 2 aromatic carbocycles. The molecule has 2 rings (SSSR count). The average Bonchev–Trinajstić information content (AvgIpc) is 2.48. The Balaban J connectivity index is 2.20. The lowest BCUT2D eigenvalue weighted by molar-refractivity contribution is -0.213. The monoisotopic (exact) mass is 276 g/mol. The van der Waals surface area contributed by atoms with E-state index in [1.165, 1.54) is 18.2 Å². The van der Waals surface area contributed by atoms with Crippen LogP contribution in [-0.2, 0) is 9.68 Å². The third-order valence-electron chi connectivity index (χ3n) is 2.41. The van der Waals surface area contributed by atoms with Gasteiger partial charge >= 0.3 is 5.97 Å². The molecule has 5 heteroatoms. The van der Waals surface area contributed by atoms with E-state index in [1.807, 2.05) is 6.07 Å². The lowest BCUT2D eigenvalue weighted by atomic mass is 10.3. The van der Waals surface area contributed by atoms with E-state index in [4.69, 9.17) is 9.62 Å². The number of halogens is 1. The van der Waals surface area contributed by atoms with E-state index >= 15 is 0 Å². The maximum Gasteiger partial charge on any atom is 0.355 e. The summed E-state index contributed by atoms with van der Waals surface area (Å²) in [5.74, 6) is -0.860. The smallest absolute Gasteiger partial charge is 0.355 e. The van der Waals surface area contributed by atoms with Crippen LogP contribution in [0.2, 0.25) is 0 Å². The SMILES string of the molecule is CCC(=O)OOc1cccc(F)c1Oc1ccccc1. The average molecular weight is 276 g/mol. The van der Waals surface area contributed by atoms with Crippen LogP contribution in [0.25, 0.3) is 0 Å². The highest BCUT2D eigenvalue weighted by Gasteiger charge is 2.14. The second-order valence-electron chi connectivity index (χ2n) is 3.87. The first-order valence-corrected chi connectivity index (χ1v) is 6.09. The number of carbonyl (C=O) groups is 1. The molecule has 0 saturated heterocycles. The summed E-state index contributed by atoms with van der Waals surface area (Å²) in [6.07, 6.45) is 0.157. The van der Waals surface area contributed by atoms with Gasteiger partial charge in [-0.15, -0.1) is 0 Å². The van der Waals surface area contributed by atoms with Gasteiger partial charge in [0, 0.05) is 6.42 Å². The van der Waals surface area contributed by atoms with Gasteiger partial charge in [0.15, 0.2) is 5.82 Å². The zero-order valence-electron chi connectivity index (χ0n) is 10.8.